The van der Waals surface area contributed by atoms with Crippen LogP contribution < -0.4 is 0 Å². The average Bonchev–Trinajstić information content (AvgIpc) is 2.01. The van der Waals surface area contributed by atoms with E-state index in [2.05, 4.69) is 17.2 Å². The van der Waals surface area contributed by atoms with Gasteiger partial charge in [-0.3, -0.25) is 4.18 Å². The predicted octanol–water partition coefficient (Wildman–Crippen LogP) is 2.10. The molecule has 0 aliphatic carbocycles. The van der Waals surface area contributed by atoms with Gasteiger partial charge in [-0.25, -0.2) is 0 Å². The van der Waals surface area contributed by atoms with Gasteiger partial charge in [-0.2, -0.15) is 8.42 Å². The Hall–Kier alpha value is -0.350. The molecule has 0 atom stereocenters. The van der Waals surface area contributed by atoms with E-state index in [1.165, 1.54) is 12.8 Å². The van der Waals surface area contributed by atoms with Gasteiger partial charge in [-0.05, 0) is 12.8 Å². The number of hydrogen-bond acceptors (Lipinski definition) is 3. The Morgan fingerprint density at radius 1 is 1.23 bits per heavy atom. The Labute approximate surface area is 80.9 Å². The lowest BCUT2D eigenvalue weighted by molar-refractivity contribution is 0.328. The largest absolute Gasteiger partial charge is 0.270 e. The molecule has 0 amide bonds. The van der Waals surface area contributed by atoms with Gasteiger partial charge in [0.15, 0.2) is 0 Å². The van der Waals surface area contributed by atoms with Crippen molar-refractivity contribution in [3.63, 3.8) is 0 Å². The monoisotopic (exact) mass is 206 g/mol. The molecule has 3 nitrogen and oxygen atoms in total. The third kappa shape index (κ3) is 11.7. The van der Waals surface area contributed by atoms with Gasteiger partial charge in [0.1, 0.15) is 0 Å². The first-order valence-corrected chi connectivity index (χ1v) is 6.37. The van der Waals surface area contributed by atoms with Crippen molar-refractivity contribution in [2.24, 2.45) is 0 Å². The van der Waals surface area contributed by atoms with Crippen LogP contribution in [0.1, 0.15) is 32.6 Å². The van der Waals surface area contributed by atoms with Gasteiger partial charge in [0.25, 0.3) is 10.1 Å². The lowest BCUT2D eigenvalue weighted by Gasteiger charge is -1.96. The summed E-state index contributed by atoms with van der Waals surface area (Å²) in [5, 5.41) is 0. The smallest absolute Gasteiger partial charge is 0.264 e. The highest BCUT2D eigenvalue weighted by Crippen LogP contribution is 1.97. The van der Waals surface area contributed by atoms with Crippen LogP contribution in [0.25, 0.3) is 0 Å². The Kier molecular flexibility index (Phi) is 6.90. The first-order chi connectivity index (χ1) is 6.06. The van der Waals surface area contributed by atoms with Crippen LogP contribution in [0.5, 0.6) is 0 Å². The molecule has 0 aromatic carbocycles. The molecular formula is C9H18O3S. The Balaban J connectivity index is 3.30. The molecule has 0 N–H and O–H groups in total. The highest BCUT2D eigenvalue weighted by atomic mass is 32.2. The van der Waals surface area contributed by atoms with Gasteiger partial charge < -0.3 is 0 Å². The van der Waals surface area contributed by atoms with Crippen molar-refractivity contribution in [3.8, 4) is 0 Å². The van der Waals surface area contributed by atoms with E-state index < -0.39 is 10.1 Å². The quantitative estimate of drug-likeness (QED) is 0.364. The summed E-state index contributed by atoms with van der Waals surface area (Å²) >= 11 is 0. The van der Waals surface area contributed by atoms with Crippen LogP contribution in [0.15, 0.2) is 12.2 Å². The predicted molar refractivity (Wildman–Crippen MR) is 54.1 cm³/mol. The first-order valence-electron chi connectivity index (χ1n) is 4.55. The Bertz CT molecular complexity index is 229. The van der Waals surface area contributed by atoms with E-state index in [1.54, 1.807) is 0 Å². The van der Waals surface area contributed by atoms with Crippen molar-refractivity contribution in [3.05, 3.63) is 12.2 Å². The van der Waals surface area contributed by atoms with Gasteiger partial charge in [0.05, 0.1) is 12.9 Å². The van der Waals surface area contributed by atoms with Crippen LogP contribution in [-0.4, -0.2) is 21.3 Å². The zero-order valence-corrected chi connectivity index (χ0v) is 9.14. The van der Waals surface area contributed by atoms with Crippen molar-refractivity contribution in [2.45, 2.75) is 32.6 Å². The molecule has 0 saturated carbocycles. The molecule has 0 unspecified atom stereocenters. The third-order valence-corrected chi connectivity index (χ3v) is 2.07. The molecule has 0 aromatic heterocycles. The molecule has 0 saturated heterocycles. The van der Waals surface area contributed by atoms with Crippen LogP contribution in [0.4, 0.5) is 0 Å². The minimum Gasteiger partial charge on any atom is -0.270 e. The summed E-state index contributed by atoms with van der Waals surface area (Å²) in [4.78, 5) is 0. The van der Waals surface area contributed by atoms with Crippen LogP contribution in [-0.2, 0) is 14.3 Å². The molecule has 0 rings (SSSR count). The maximum Gasteiger partial charge on any atom is 0.264 e. The maximum absolute atomic E-state index is 10.5. The second-order valence-corrected chi connectivity index (χ2v) is 4.57. The minimum atomic E-state index is -3.26. The van der Waals surface area contributed by atoms with E-state index in [4.69, 9.17) is 0 Å². The topological polar surface area (TPSA) is 43.4 Å². The number of rotatable bonds is 7. The Morgan fingerprint density at radius 3 is 2.38 bits per heavy atom. The van der Waals surface area contributed by atoms with Gasteiger partial charge in [-0.1, -0.05) is 31.9 Å². The number of hydrogen-bond donors (Lipinski definition) is 0. The van der Waals surface area contributed by atoms with Crippen molar-refractivity contribution in [2.75, 3.05) is 12.9 Å². The van der Waals surface area contributed by atoms with E-state index in [-0.39, 0.29) is 6.61 Å². The van der Waals surface area contributed by atoms with E-state index >= 15 is 0 Å². The van der Waals surface area contributed by atoms with Crippen molar-refractivity contribution >= 4 is 10.1 Å². The number of allylic oxidation sites excluding steroid dienone is 1. The SMILES string of the molecule is CCCCC=CCCOS(C)(=O)=O. The van der Waals surface area contributed by atoms with E-state index in [9.17, 15) is 8.42 Å². The molecule has 13 heavy (non-hydrogen) atoms. The van der Waals surface area contributed by atoms with Gasteiger partial charge in [-0.15, -0.1) is 0 Å². The molecule has 0 spiro atoms. The standard InChI is InChI=1S/C9H18O3S/c1-3-4-5-6-7-8-9-12-13(2,10)11/h6-7H,3-5,8-9H2,1-2H3. The van der Waals surface area contributed by atoms with Crippen LogP contribution >= 0.6 is 0 Å². The molecule has 4 heteroatoms. The fourth-order valence-electron chi connectivity index (χ4n) is 0.825. The van der Waals surface area contributed by atoms with E-state index in [0.717, 1.165) is 12.7 Å². The molecule has 0 radical (unpaired) electrons. The van der Waals surface area contributed by atoms with E-state index in [1.807, 2.05) is 6.08 Å². The summed E-state index contributed by atoms with van der Waals surface area (Å²) < 4.78 is 25.6. The third-order valence-electron chi connectivity index (χ3n) is 1.47. The fraction of sp³-hybridized carbons (Fsp3) is 0.778. The molecule has 0 aliphatic heterocycles. The molecule has 0 aliphatic rings. The van der Waals surface area contributed by atoms with E-state index in [0.29, 0.717) is 6.42 Å². The van der Waals surface area contributed by atoms with Crippen LogP contribution in [0, 0.1) is 0 Å². The number of unbranched alkanes of at least 4 members (excludes halogenated alkanes) is 2. The summed E-state index contributed by atoms with van der Waals surface area (Å²) in [6.45, 7) is 2.39. The lowest BCUT2D eigenvalue weighted by Crippen LogP contribution is -2.02. The van der Waals surface area contributed by atoms with Crippen LogP contribution in [0.2, 0.25) is 0 Å². The normalized spacial score (nSPS) is 12.5. The van der Waals surface area contributed by atoms with Gasteiger partial charge in [0.2, 0.25) is 0 Å². The fourth-order valence-corrected chi connectivity index (χ4v) is 1.22. The first kappa shape index (κ1) is 12.7. The summed E-state index contributed by atoms with van der Waals surface area (Å²) in [5.74, 6) is 0. The van der Waals surface area contributed by atoms with Crippen molar-refractivity contribution < 1.29 is 12.6 Å². The van der Waals surface area contributed by atoms with Crippen molar-refractivity contribution in [1.82, 2.24) is 0 Å². The zero-order chi connectivity index (χ0) is 10.2. The molecular weight excluding hydrogens is 188 g/mol. The highest BCUT2D eigenvalue weighted by Gasteiger charge is 1.97. The zero-order valence-electron chi connectivity index (χ0n) is 8.32. The highest BCUT2D eigenvalue weighted by molar-refractivity contribution is 7.85. The summed E-state index contributed by atoms with van der Waals surface area (Å²) in [7, 11) is -3.26. The van der Waals surface area contributed by atoms with Crippen LogP contribution in [0.3, 0.4) is 0 Å². The van der Waals surface area contributed by atoms with Gasteiger partial charge >= 0.3 is 0 Å². The summed E-state index contributed by atoms with van der Waals surface area (Å²) in [6.07, 6.45) is 9.18. The molecule has 0 aromatic rings. The molecule has 0 heterocycles. The minimum absolute atomic E-state index is 0.251. The maximum atomic E-state index is 10.5. The Morgan fingerprint density at radius 2 is 1.85 bits per heavy atom. The van der Waals surface area contributed by atoms with Gasteiger partial charge in [0, 0.05) is 0 Å². The molecule has 78 valence electrons. The van der Waals surface area contributed by atoms with Crippen molar-refractivity contribution in [1.29, 1.82) is 0 Å². The summed E-state index contributed by atoms with van der Waals surface area (Å²) in [6, 6.07) is 0. The summed E-state index contributed by atoms with van der Waals surface area (Å²) in [5.41, 5.74) is 0. The molecule has 0 fully saturated rings. The molecule has 0 bridgehead atoms. The second kappa shape index (κ2) is 7.09. The average molecular weight is 206 g/mol. The second-order valence-electron chi connectivity index (χ2n) is 2.93. The lowest BCUT2D eigenvalue weighted by atomic mass is 10.2.